The number of likely N-dealkylation sites (tertiary alicyclic amines) is 1. The van der Waals surface area contributed by atoms with Gasteiger partial charge in [0.25, 0.3) is 5.56 Å². The van der Waals surface area contributed by atoms with Gasteiger partial charge in [0, 0.05) is 41.8 Å². The zero-order valence-electron chi connectivity index (χ0n) is 24.0. The number of hydrogen-bond acceptors (Lipinski definition) is 6. The number of hydrogen-bond donors (Lipinski definition) is 1. The molecule has 1 aliphatic heterocycles. The van der Waals surface area contributed by atoms with Gasteiger partial charge in [-0.3, -0.25) is 14.3 Å². The number of piperidine rings is 1. The van der Waals surface area contributed by atoms with Crippen molar-refractivity contribution >= 4 is 22.7 Å². The highest BCUT2D eigenvalue weighted by Crippen LogP contribution is 2.30. The SMILES string of the molecule is CCN1CCC(c2ccc(Nc3ncc4cc(-c5ccc(-c6cccnc6)cc5C)c(=O)n(CC)c4n3)cc2)CC1. The predicted octanol–water partition coefficient (Wildman–Crippen LogP) is 6.79. The molecule has 41 heavy (non-hydrogen) atoms. The van der Waals surface area contributed by atoms with Crippen LogP contribution in [0.4, 0.5) is 11.6 Å². The van der Waals surface area contributed by atoms with Crippen molar-refractivity contribution in [3.8, 4) is 22.3 Å². The van der Waals surface area contributed by atoms with E-state index in [9.17, 15) is 4.79 Å². The van der Waals surface area contributed by atoms with Crippen LogP contribution >= 0.6 is 0 Å². The van der Waals surface area contributed by atoms with Crippen LogP contribution in [0.2, 0.25) is 0 Å². The summed E-state index contributed by atoms with van der Waals surface area (Å²) in [6, 6.07) is 20.7. The molecule has 0 amide bonds. The quantitative estimate of drug-likeness (QED) is 0.243. The zero-order chi connectivity index (χ0) is 28.3. The standard InChI is InChI=1S/C34H36N6O/c1-4-39-17-14-25(15-18-39)24-8-11-29(12-9-24)37-34-36-22-28-20-31(33(41)40(5-2)32(28)38-34)30-13-10-26(19-23(30)3)27-7-6-16-35-21-27/h6-13,16,19-22,25H,4-5,14-15,17-18H2,1-3H3,(H,36,37,38). The Bertz CT molecular complexity index is 1720. The molecular formula is C34H36N6O. The van der Waals surface area contributed by atoms with Gasteiger partial charge in [0.1, 0.15) is 5.65 Å². The van der Waals surface area contributed by atoms with Crippen LogP contribution in [-0.2, 0) is 6.54 Å². The number of nitrogens with zero attached hydrogens (tertiary/aromatic N) is 5. The molecule has 1 saturated heterocycles. The Balaban J connectivity index is 1.26. The van der Waals surface area contributed by atoms with Gasteiger partial charge in [-0.15, -0.1) is 0 Å². The fourth-order valence-corrected chi connectivity index (χ4v) is 5.93. The van der Waals surface area contributed by atoms with E-state index >= 15 is 0 Å². The van der Waals surface area contributed by atoms with Crippen LogP contribution in [0.15, 0.2) is 84.0 Å². The van der Waals surface area contributed by atoms with E-state index in [-0.39, 0.29) is 5.56 Å². The highest BCUT2D eigenvalue weighted by Gasteiger charge is 2.20. The summed E-state index contributed by atoms with van der Waals surface area (Å²) < 4.78 is 1.73. The third-order valence-electron chi connectivity index (χ3n) is 8.33. The highest BCUT2D eigenvalue weighted by atomic mass is 16.1. The minimum atomic E-state index is -0.0552. The van der Waals surface area contributed by atoms with Gasteiger partial charge in [0.2, 0.25) is 5.95 Å². The van der Waals surface area contributed by atoms with Crippen molar-refractivity contribution in [2.45, 2.75) is 46.1 Å². The van der Waals surface area contributed by atoms with E-state index in [1.54, 1.807) is 17.0 Å². The van der Waals surface area contributed by atoms with E-state index in [4.69, 9.17) is 4.98 Å². The molecule has 1 fully saturated rings. The number of anilines is 2. The lowest BCUT2D eigenvalue weighted by Crippen LogP contribution is -2.32. The average molecular weight is 545 g/mol. The van der Waals surface area contributed by atoms with Crippen LogP contribution < -0.4 is 10.9 Å². The highest BCUT2D eigenvalue weighted by molar-refractivity contribution is 5.83. The normalized spacial score (nSPS) is 14.4. The first-order chi connectivity index (χ1) is 20.0. The van der Waals surface area contributed by atoms with E-state index in [2.05, 4.69) is 57.4 Å². The molecule has 5 aromatic rings. The Morgan fingerprint density at radius 3 is 2.39 bits per heavy atom. The van der Waals surface area contributed by atoms with Crippen molar-refractivity contribution in [2.24, 2.45) is 0 Å². The van der Waals surface area contributed by atoms with Gasteiger partial charge in [0.15, 0.2) is 0 Å². The van der Waals surface area contributed by atoms with Crippen LogP contribution in [0.1, 0.15) is 43.7 Å². The van der Waals surface area contributed by atoms with Crippen molar-refractivity contribution in [1.29, 1.82) is 0 Å². The maximum atomic E-state index is 13.7. The monoisotopic (exact) mass is 544 g/mol. The van der Waals surface area contributed by atoms with E-state index in [1.165, 1.54) is 31.5 Å². The largest absolute Gasteiger partial charge is 0.324 e. The third-order valence-corrected chi connectivity index (χ3v) is 8.33. The van der Waals surface area contributed by atoms with Crippen LogP contribution in [0, 0.1) is 6.92 Å². The maximum Gasteiger partial charge on any atom is 0.260 e. The number of pyridine rings is 2. The second-order valence-electron chi connectivity index (χ2n) is 10.8. The van der Waals surface area contributed by atoms with Gasteiger partial charge >= 0.3 is 0 Å². The lowest BCUT2D eigenvalue weighted by atomic mass is 9.89. The summed E-state index contributed by atoms with van der Waals surface area (Å²) in [5.41, 5.74) is 7.62. The van der Waals surface area contributed by atoms with Gasteiger partial charge in [-0.25, -0.2) is 4.98 Å². The van der Waals surface area contributed by atoms with Crippen LogP contribution in [-0.4, -0.2) is 44.1 Å². The molecule has 6 rings (SSSR count). The first kappa shape index (κ1) is 26.8. The first-order valence-electron chi connectivity index (χ1n) is 14.6. The van der Waals surface area contributed by atoms with Crippen LogP contribution in [0.5, 0.6) is 0 Å². The molecule has 1 aliphatic rings. The molecule has 0 bridgehead atoms. The molecule has 4 heterocycles. The minimum Gasteiger partial charge on any atom is -0.324 e. The summed E-state index contributed by atoms with van der Waals surface area (Å²) in [4.78, 5) is 29.8. The molecule has 0 atom stereocenters. The summed E-state index contributed by atoms with van der Waals surface area (Å²) in [5.74, 6) is 1.10. The molecule has 7 heteroatoms. The number of benzene rings is 2. The Kier molecular flexibility index (Phi) is 7.61. The number of aryl methyl sites for hydroxylation is 2. The topological polar surface area (TPSA) is 75.9 Å². The lowest BCUT2D eigenvalue weighted by molar-refractivity contribution is 0.222. The second-order valence-corrected chi connectivity index (χ2v) is 10.8. The van der Waals surface area contributed by atoms with Crippen molar-refractivity contribution in [2.75, 3.05) is 25.0 Å². The molecule has 1 N–H and O–H groups in total. The minimum absolute atomic E-state index is 0.0552. The Labute approximate surface area is 240 Å². The van der Waals surface area contributed by atoms with Crippen molar-refractivity contribution in [3.05, 3.63) is 101 Å². The van der Waals surface area contributed by atoms with Gasteiger partial charge in [-0.1, -0.05) is 43.3 Å². The van der Waals surface area contributed by atoms with Crippen molar-refractivity contribution in [1.82, 2.24) is 24.4 Å². The first-order valence-corrected chi connectivity index (χ1v) is 14.6. The summed E-state index contributed by atoms with van der Waals surface area (Å²) in [5, 5.41) is 4.17. The third kappa shape index (κ3) is 5.50. The molecule has 208 valence electrons. The molecule has 0 saturated carbocycles. The van der Waals surface area contributed by atoms with E-state index in [0.717, 1.165) is 39.9 Å². The van der Waals surface area contributed by atoms with E-state index in [0.29, 0.717) is 29.6 Å². The Morgan fingerprint density at radius 2 is 1.71 bits per heavy atom. The number of rotatable bonds is 7. The fraction of sp³-hybridized carbons (Fsp3) is 0.294. The van der Waals surface area contributed by atoms with Crippen molar-refractivity contribution < 1.29 is 0 Å². The van der Waals surface area contributed by atoms with Gasteiger partial charge < -0.3 is 10.2 Å². The smallest absolute Gasteiger partial charge is 0.260 e. The zero-order valence-corrected chi connectivity index (χ0v) is 24.0. The summed E-state index contributed by atoms with van der Waals surface area (Å²) >= 11 is 0. The number of aromatic nitrogens is 4. The average Bonchev–Trinajstić information content (AvgIpc) is 3.02. The van der Waals surface area contributed by atoms with E-state index < -0.39 is 0 Å². The van der Waals surface area contributed by atoms with Crippen LogP contribution in [0.25, 0.3) is 33.3 Å². The summed E-state index contributed by atoms with van der Waals surface area (Å²) in [7, 11) is 0. The lowest BCUT2D eigenvalue weighted by Gasteiger charge is -2.31. The maximum absolute atomic E-state index is 13.7. The number of fused-ring (bicyclic) bond motifs is 1. The van der Waals surface area contributed by atoms with E-state index in [1.807, 2.05) is 50.4 Å². The molecule has 2 aromatic carbocycles. The molecule has 0 unspecified atom stereocenters. The summed E-state index contributed by atoms with van der Waals surface area (Å²) in [6.45, 7) is 10.2. The fourth-order valence-electron chi connectivity index (χ4n) is 5.93. The molecule has 0 radical (unpaired) electrons. The summed E-state index contributed by atoms with van der Waals surface area (Å²) in [6.07, 6.45) is 7.83. The Morgan fingerprint density at radius 1 is 0.902 bits per heavy atom. The van der Waals surface area contributed by atoms with Crippen LogP contribution in [0.3, 0.4) is 0 Å². The van der Waals surface area contributed by atoms with Crippen molar-refractivity contribution in [3.63, 3.8) is 0 Å². The van der Waals surface area contributed by atoms with Gasteiger partial charge in [-0.2, -0.15) is 4.98 Å². The molecule has 3 aromatic heterocycles. The molecule has 0 spiro atoms. The molecule has 0 aliphatic carbocycles. The van der Waals surface area contributed by atoms with Gasteiger partial charge in [0.05, 0.1) is 0 Å². The second kappa shape index (κ2) is 11.6. The molecular weight excluding hydrogens is 508 g/mol. The predicted molar refractivity (Wildman–Crippen MR) is 167 cm³/mol. The van der Waals surface area contributed by atoms with Gasteiger partial charge in [-0.05, 0) is 104 Å². The molecule has 7 nitrogen and oxygen atoms in total. The number of nitrogens with one attached hydrogen (secondary N) is 1. The Hall–Kier alpha value is -4.36.